The van der Waals surface area contributed by atoms with Crippen molar-refractivity contribution in [1.29, 1.82) is 0 Å². The van der Waals surface area contributed by atoms with E-state index in [9.17, 15) is 4.79 Å². The zero-order chi connectivity index (χ0) is 26.8. The number of phenolic OH excluding ortho intramolecular Hbond substituents is 1. The van der Waals surface area contributed by atoms with Crippen molar-refractivity contribution in [1.82, 2.24) is 0 Å². The van der Waals surface area contributed by atoms with Crippen LogP contribution in [0.3, 0.4) is 0 Å². The van der Waals surface area contributed by atoms with Crippen LogP contribution in [0.1, 0.15) is 30.9 Å². The topological polar surface area (TPSA) is 63.6 Å². The second-order valence-electron chi connectivity index (χ2n) is 7.96. The van der Waals surface area contributed by atoms with Crippen LogP contribution >= 0.6 is 0 Å². The maximum Gasteiger partial charge on any atom is 0.119 e. The van der Waals surface area contributed by atoms with Gasteiger partial charge < -0.3 is 19.4 Å². The number of benzene rings is 4. The van der Waals surface area contributed by atoms with Crippen LogP contribution in [0.5, 0.6) is 11.5 Å². The Morgan fingerprint density at radius 1 is 0.667 bits per heavy atom. The number of methoxy groups -OCH3 is 1. The summed E-state index contributed by atoms with van der Waals surface area (Å²) < 4.78 is 5.12. The van der Waals surface area contributed by atoms with E-state index in [1.165, 1.54) is 27.8 Å². The molecule has 0 aliphatic carbocycles. The Balaban J connectivity index is 0.000000288. The van der Waals surface area contributed by atoms with Crippen LogP contribution in [0.15, 0.2) is 97.1 Å². The maximum absolute atomic E-state index is 9.40. The molecule has 0 saturated heterocycles. The number of unbranched alkanes of at least 4 members (excludes halogenated alkanes) is 1. The summed E-state index contributed by atoms with van der Waals surface area (Å²) in [6.45, 7) is 8.15. The summed E-state index contributed by atoms with van der Waals surface area (Å²) in [4.78, 5) is 17.4. The molecule has 0 atom stereocenters. The van der Waals surface area contributed by atoms with E-state index in [1.54, 1.807) is 19.2 Å². The van der Waals surface area contributed by atoms with E-state index in [4.69, 9.17) is 14.6 Å². The van der Waals surface area contributed by atoms with Gasteiger partial charge in [0.15, 0.2) is 0 Å². The number of ether oxygens (including phenoxy) is 1. The van der Waals surface area contributed by atoms with Crippen LogP contribution in [0, 0.1) is 13.8 Å². The third kappa shape index (κ3) is 10.8. The van der Waals surface area contributed by atoms with Gasteiger partial charge in [0.05, 0.1) is 7.11 Å². The van der Waals surface area contributed by atoms with Crippen LogP contribution in [0.4, 0.5) is 0 Å². The molecule has 4 rings (SSSR count). The van der Waals surface area contributed by atoms with Gasteiger partial charge >= 0.3 is 0 Å². The van der Waals surface area contributed by atoms with Gasteiger partial charge in [-0.25, -0.2) is 0 Å². The molecule has 0 aromatic heterocycles. The molecule has 0 unspecified atom stereocenters. The second-order valence-corrected chi connectivity index (χ2v) is 7.96. The van der Waals surface area contributed by atoms with Crippen molar-refractivity contribution in [3.63, 3.8) is 0 Å². The fourth-order valence-corrected chi connectivity index (χ4v) is 3.05. The molecular formula is C32H36O4. The number of aromatic hydroxyl groups is 1. The Morgan fingerprint density at radius 3 is 1.28 bits per heavy atom. The first-order valence-electron chi connectivity index (χ1n) is 11.8. The average molecular weight is 485 g/mol. The molecular weight excluding hydrogens is 448 g/mol. The molecule has 4 nitrogen and oxygen atoms in total. The molecule has 188 valence electrons. The summed E-state index contributed by atoms with van der Waals surface area (Å²) in [5, 5.41) is 9.15. The predicted molar refractivity (Wildman–Crippen MR) is 150 cm³/mol. The molecule has 4 aromatic carbocycles. The van der Waals surface area contributed by atoms with Gasteiger partial charge in [-0.3, -0.25) is 0 Å². The van der Waals surface area contributed by atoms with E-state index in [-0.39, 0.29) is 0 Å². The van der Waals surface area contributed by atoms with Gasteiger partial charge in [-0.15, -0.1) is 0 Å². The summed E-state index contributed by atoms with van der Waals surface area (Å²) in [6, 6.07) is 32.2. The summed E-state index contributed by atoms with van der Waals surface area (Å²) in [5.74, 6) is 1.20. The Hall–Kier alpha value is -4.18. The van der Waals surface area contributed by atoms with Gasteiger partial charge in [0.2, 0.25) is 0 Å². The van der Waals surface area contributed by atoms with Crippen LogP contribution < -0.4 is 4.74 Å². The smallest absolute Gasteiger partial charge is 0.119 e. The lowest BCUT2D eigenvalue weighted by atomic mass is 10.0. The summed E-state index contributed by atoms with van der Waals surface area (Å²) in [5.41, 5.74) is 7.30. The average Bonchev–Trinajstić information content (AvgIpc) is 2.93. The van der Waals surface area contributed by atoms with Gasteiger partial charge in [-0.05, 0) is 66.8 Å². The number of phenols is 1. The normalized spacial score (nSPS) is 9.22. The lowest BCUT2D eigenvalue weighted by Crippen LogP contribution is -1.82. The molecule has 1 N–H and O–H groups in total. The highest BCUT2D eigenvalue weighted by Gasteiger charge is 1.98. The Morgan fingerprint density at radius 2 is 1.00 bits per heavy atom. The zero-order valence-corrected chi connectivity index (χ0v) is 21.6. The SMILES string of the molecule is C=O.CCCC=O.COc1ccc(-c2ccc(C)cc2)cc1.Cc1ccc(-c2ccc(O)cc2)cc1. The molecule has 0 heterocycles. The number of rotatable bonds is 5. The lowest BCUT2D eigenvalue weighted by Gasteiger charge is -2.03. The fourth-order valence-electron chi connectivity index (χ4n) is 3.05. The summed E-state index contributed by atoms with van der Waals surface area (Å²) >= 11 is 0. The molecule has 0 fully saturated rings. The minimum absolute atomic E-state index is 0.306. The van der Waals surface area contributed by atoms with Crippen LogP contribution in [0.2, 0.25) is 0 Å². The van der Waals surface area contributed by atoms with E-state index in [0.29, 0.717) is 12.2 Å². The number of hydrogen-bond acceptors (Lipinski definition) is 4. The Bertz CT molecular complexity index is 1070. The van der Waals surface area contributed by atoms with E-state index in [2.05, 4.69) is 74.5 Å². The number of carbonyl (C=O) groups is 2. The zero-order valence-electron chi connectivity index (χ0n) is 21.6. The van der Waals surface area contributed by atoms with Crippen molar-refractivity contribution in [2.75, 3.05) is 7.11 Å². The summed E-state index contributed by atoms with van der Waals surface area (Å²) in [7, 11) is 1.68. The van der Waals surface area contributed by atoms with Gasteiger partial charge in [-0.1, -0.05) is 90.8 Å². The van der Waals surface area contributed by atoms with Gasteiger partial charge in [-0.2, -0.15) is 0 Å². The molecule has 0 saturated carbocycles. The maximum atomic E-state index is 9.40. The quantitative estimate of drug-likeness (QED) is 0.293. The molecule has 0 spiro atoms. The number of carbonyl (C=O) groups excluding carboxylic acids is 2. The third-order valence-corrected chi connectivity index (χ3v) is 5.13. The first-order chi connectivity index (χ1) is 17.5. The Labute approximate surface area is 215 Å². The van der Waals surface area contributed by atoms with Gasteiger partial charge in [0, 0.05) is 6.42 Å². The van der Waals surface area contributed by atoms with Crippen LogP contribution in [-0.4, -0.2) is 25.3 Å². The monoisotopic (exact) mass is 484 g/mol. The van der Waals surface area contributed by atoms with Crippen molar-refractivity contribution in [2.24, 2.45) is 0 Å². The van der Waals surface area contributed by atoms with Crippen molar-refractivity contribution in [3.8, 4) is 33.8 Å². The third-order valence-electron chi connectivity index (χ3n) is 5.13. The predicted octanol–water partition coefficient (Wildman–Crippen LogP) is 7.84. The highest BCUT2D eigenvalue weighted by atomic mass is 16.5. The van der Waals surface area contributed by atoms with E-state index in [0.717, 1.165) is 24.0 Å². The van der Waals surface area contributed by atoms with Gasteiger partial charge in [0.25, 0.3) is 0 Å². The molecule has 4 aromatic rings. The van der Waals surface area contributed by atoms with Crippen molar-refractivity contribution < 1.29 is 19.4 Å². The first kappa shape index (κ1) is 29.9. The molecule has 0 aliphatic heterocycles. The first-order valence-corrected chi connectivity index (χ1v) is 11.8. The lowest BCUT2D eigenvalue weighted by molar-refractivity contribution is -0.107. The van der Waals surface area contributed by atoms with Crippen molar-refractivity contribution in [3.05, 3.63) is 108 Å². The van der Waals surface area contributed by atoms with Crippen LogP contribution in [-0.2, 0) is 9.59 Å². The minimum Gasteiger partial charge on any atom is -0.508 e. The number of aldehydes is 1. The molecule has 0 radical (unpaired) electrons. The molecule has 0 aliphatic rings. The van der Waals surface area contributed by atoms with Crippen molar-refractivity contribution in [2.45, 2.75) is 33.6 Å². The van der Waals surface area contributed by atoms with E-state index in [1.807, 2.05) is 38.0 Å². The van der Waals surface area contributed by atoms with E-state index >= 15 is 0 Å². The fraction of sp³-hybridized carbons (Fsp3) is 0.188. The van der Waals surface area contributed by atoms with E-state index < -0.39 is 0 Å². The van der Waals surface area contributed by atoms with Crippen LogP contribution in [0.25, 0.3) is 22.3 Å². The molecule has 36 heavy (non-hydrogen) atoms. The Kier molecular flexibility index (Phi) is 14.3. The highest BCUT2D eigenvalue weighted by molar-refractivity contribution is 5.65. The summed E-state index contributed by atoms with van der Waals surface area (Å²) in [6.07, 6.45) is 2.61. The number of aryl methyl sites for hydroxylation is 2. The van der Waals surface area contributed by atoms with Gasteiger partial charge in [0.1, 0.15) is 24.6 Å². The molecule has 0 bridgehead atoms. The highest BCUT2D eigenvalue weighted by Crippen LogP contribution is 2.23. The van der Waals surface area contributed by atoms with Crippen molar-refractivity contribution >= 4 is 13.1 Å². The minimum atomic E-state index is 0.306. The standard InChI is InChI=1S/C14H14O.C13H12O.C4H8O.CH2O/c1-11-3-5-12(6-4-11)13-7-9-14(15-2)10-8-13;1-10-2-4-11(5-3-10)12-6-8-13(14)9-7-12;1-2-3-4-5;1-2/h3-10H,1-2H3;2-9,14H,1H3;4H,2-3H2,1H3;1H2. The molecule has 0 amide bonds. The molecule has 4 heteroatoms. The number of hydrogen-bond donors (Lipinski definition) is 1. The second kappa shape index (κ2) is 17.3. The largest absolute Gasteiger partial charge is 0.508 e.